The van der Waals surface area contributed by atoms with Crippen molar-refractivity contribution in [3.05, 3.63) is 36.7 Å². The molecule has 0 saturated carbocycles. The van der Waals surface area contributed by atoms with Crippen molar-refractivity contribution in [2.24, 2.45) is 5.92 Å². The third-order valence-corrected chi connectivity index (χ3v) is 3.55. The van der Waals surface area contributed by atoms with Crippen molar-refractivity contribution in [3.63, 3.8) is 0 Å². The molecule has 0 aliphatic carbocycles. The minimum Gasteiger partial charge on any atom is -0.399 e. The number of hydrogen-bond acceptors (Lipinski definition) is 3. The molecule has 1 amide bonds. The number of carbonyl (C=O) groups is 1. The first kappa shape index (κ1) is 15.1. The molecule has 1 atom stereocenters. The number of nitrogens with two attached hydrogens (primary N) is 1. The largest absolute Gasteiger partial charge is 0.399 e. The van der Waals surface area contributed by atoms with Crippen LogP contribution in [0.1, 0.15) is 20.8 Å². The van der Waals surface area contributed by atoms with Crippen molar-refractivity contribution in [2.75, 3.05) is 5.73 Å². The van der Waals surface area contributed by atoms with E-state index < -0.39 is 0 Å². The summed E-state index contributed by atoms with van der Waals surface area (Å²) in [5.74, 6) is 0.382. The Morgan fingerprint density at radius 1 is 1.33 bits per heavy atom. The second-order valence-electron chi connectivity index (χ2n) is 5.65. The lowest BCUT2D eigenvalue weighted by Crippen LogP contribution is -2.38. The number of nitrogens with one attached hydrogen (secondary N) is 1. The molecule has 2 aromatic rings. The van der Waals surface area contributed by atoms with Crippen LogP contribution in [-0.4, -0.2) is 21.7 Å². The topological polar surface area (TPSA) is 72.9 Å². The molecule has 0 aliphatic heterocycles. The van der Waals surface area contributed by atoms with Gasteiger partial charge in [0.15, 0.2) is 0 Å². The SMILES string of the molecule is CC(C)C(C)NC(=O)Cn1cc(-c2cccc(N)c2)cn1. The van der Waals surface area contributed by atoms with Crippen LogP contribution in [-0.2, 0) is 11.3 Å². The standard InChI is InChI=1S/C16H22N4O/c1-11(2)12(3)19-16(21)10-20-9-14(8-18-20)13-5-4-6-15(17)7-13/h4-9,11-12H,10,17H2,1-3H3,(H,19,21). The van der Waals surface area contributed by atoms with E-state index in [-0.39, 0.29) is 18.5 Å². The van der Waals surface area contributed by atoms with Gasteiger partial charge >= 0.3 is 0 Å². The smallest absolute Gasteiger partial charge is 0.241 e. The minimum atomic E-state index is -0.0292. The first-order valence-corrected chi connectivity index (χ1v) is 7.13. The predicted octanol–water partition coefficient (Wildman–Crippen LogP) is 2.29. The summed E-state index contributed by atoms with van der Waals surface area (Å²) in [6.45, 7) is 6.39. The highest BCUT2D eigenvalue weighted by molar-refractivity contribution is 5.76. The Morgan fingerprint density at radius 2 is 2.10 bits per heavy atom. The van der Waals surface area contributed by atoms with Crippen LogP contribution in [0, 0.1) is 5.92 Å². The van der Waals surface area contributed by atoms with Gasteiger partial charge < -0.3 is 11.1 Å². The number of nitrogen functional groups attached to an aromatic ring is 1. The highest BCUT2D eigenvalue weighted by Gasteiger charge is 2.12. The molecule has 0 saturated heterocycles. The summed E-state index contributed by atoms with van der Waals surface area (Å²) in [6, 6.07) is 7.76. The van der Waals surface area contributed by atoms with Gasteiger partial charge in [-0.2, -0.15) is 5.10 Å². The molecular weight excluding hydrogens is 264 g/mol. The van der Waals surface area contributed by atoms with Crippen molar-refractivity contribution < 1.29 is 4.79 Å². The van der Waals surface area contributed by atoms with Crippen LogP contribution in [0.25, 0.3) is 11.1 Å². The van der Waals surface area contributed by atoms with Gasteiger partial charge in [0.2, 0.25) is 5.91 Å². The number of amides is 1. The molecule has 1 aromatic carbocycles. The lowest BCUT2D eigenvalue weighted by atomic mass is 10.1. The van der Waals surface area contributed by atoms with Gasteiger partial charge in [-0.25, -0.2) is 0 Å². The van der Waals surface area contributed by atoms with E-state index in [1.165, 1.54) is 0 Å². The summed E-state index contributed by atoms with van der Waals surface area (Å²) >= 11 is 0. The van der Waals surface area contributed by atoms with Crippen molar-refractivity contribution >= 4 is 11.6 Å². The Balaban J connectivity index is 2.02. The predicted molar refractivity (Wildman–Crippen MR) is 84.5 cm³/mol. The lowest BCUT2D eigenvalue weighted by Gasteiger charge is -2.17. The Hall–Kier alpha value is -2.30. The van der Waals surface area contributed by atoms with Gasteiger partial charge in [0.1, 0.15) is 6.54 Å². The Morgan fingerprint density at radius 3 is 2.76 bits per heavy atom. The molecule has 112 valence electrons. The van der Waals surface area contributed by atoms with Crippen LogP contribution in [0.3, 0.4) is 0 Å². The van der Waals surface area contributed by atoms with Gasteiger partial charge in [-0.3, -0.25) is 9.48 Å². The molecule has 1 unspecified atom stereocenters. The fourth-order valence-corrected chi connectivity index (χ4v) is 1.93. The molecule has 0 bridgehead atoms. The molecule has 1 aromatic heterocycles. The number of benzene rings is 1. The van der Waals surface area contributed by atoms with E-state index in [2.05, 4.69) is 24.3 Å². The average molecular weight is 286 g/mol. The average Bonchev–Trinajstić information content (AvgIpc) is 2.86. The van der Waals surface area contributed by atoms with E-state index in [0.29, 0.717) is 11.6 Å². The Kier molecular flexibility index (Phi) is 4.62. The number of aromatic nitrogens is 2. The molecule has 1 heterocycles. The second-order valence-corrected chi connectivity index (χ2v) is 5.65. The number of hydrogen-bond donors (Lipinski definition) is 2. The van der Waals surface area contributed by atoms with Crippen molar-refractivity contribution in [3.8, 4) is 11.1 Å². The van der Waals surface area contributed by atoms with Gasteiger partial charge in [0.25, 0.3) is 0 Å². The zero-order valence-electron chi connectivity index (χ0n) is 12.7. The van der Waals surface area contributed by atoms with Crippen LogP contribution in [0.2, 0.25) is 0 Å². The maximum absolute atomic E-state index is 11.9. The van der Waals surface area contributed by atoms with Gasteiger partial charge in [-0.05, 0) is 30.5 Å². The van der Waals surface area contributed by atoms with Crippen LogP contribution < -0.4 is 11.1 Å². The summed E-state index contributed by atoms with van der Waals surface area (Å²) < 4.78 is 1.64. The number of carbonyl (C=O) groups excluding carboxylic acids is 1. The maximum Gasteiger partial charge on any atom is 0.241 e. The Labute approximate surface area is 125 Å². The van der Waals surface area contributed by atoms with E-state index in [9.17, 15) is 4.79 Å². The summed E-state index contributed by atoms with van der Waals surface area (Å²) in [5, 5.41) is 7.20. The van der Waals surface area contributed by atoms with Gasteiger partial charge in [-0.15, -0.1) is 0 Å². The van der Waals surface area contributed by atoms with Crippen molar-refractivity contribution in [1.82, 2.24) is 15.1 Å². The van der Waals surface area contributed by atoms with Crippen LogP contribution in [0.4, 0.5) is 5.69 Å². The second kappa shape index (κ2) is 6.43. The highest BCUT2D eigenvalue weighted by Crippen LogP contribution is 2.20. The molecule has 5 heteroatoms. The molecule has 0 aliphatic rings. The molecular formula is C16H22N4O. The van der Waals surface area contributed by atoms with E-state index in [1.807, 2.05) is 37.4 Å². The molecule has 21 heavy (non-hydrogen) atoms. The first-order valence-electron chi connectivity index (χ1n) is 7.13. The van der Waals surface area contributed by atoms with Crippen molar-refractivity contribution in [2.45, 2.75) is 33.4 Å². The molecule has 0 radical (unpaired) electrons. The summed E-state index contributed by atoms with van der Waals surface area (Å²) in [7, 11) is 0. The lowest BCUT2D eigenvalue weighted by molar-refractivity contribution is -0.122. The van der Waals surface area contributed by atoms with Crippen molar-refractivity contribution in [1.29, 1.82) is 0 Å². The zero-order chi connectivity index (χ0) is 15.4. The highest BCUT2D eigenvalue weighted by atomic mass is 16.2. The van der Waals surface area contributed by atoms with Crippen LogP contribution in [0.15, 0.2) is 36.7 Å². The van der Waals surface area contributed by atoms with E-state index in [1.54, 1.807) is 10.9 Å². The van der Waals surface area contributed by atoms with Gasteiger partial charge in [-0.1, -0.05) is 26.0 Å². The third kappa shape index (κ3) is 4.08. The number of rotatable bonds is 5. The molecule has 2 rings (SSSR count). The number of anilines is 1. The molecule has 3 N–H and O–H groups in total. The summed E-state index contributed by atoms with van der Waals surface area (Å²) in [5.41, 5.74) is 8.44. The maximum atomic E-state index is 11.9. The van der Waals surface area contributed by atoms with E-state index >= 15 is 0 Å². The monoisotopic (exact) mass is 286 g/mol. The fourth-order valence-electron chi connectivity index (χ4n) is 1.93. The van der Waals surface area contributed by atoms with Gasteiger partial charge in [0.05, 0.1) is 6.20 Å². The third-order valence-electron chi connectivity index (χ3n) is 3.55. The number of nitrogens with zero attached hydrogens (tertiary/aromatic N) is 2. The van der Waals surface area contributed by atoms with E-state index in [0.717, 1.165) is 11.1 Å². The molecule has 0 spiro atoms. The van der Waals surface area contributed by atoms with Crippen LogP contribution in [0.5, 0.6) is 0 Å². The first-order chi connectivity index (χ1) is 9.95. The van der Waals surface area contributed by atoms with E-state index in [4.69, 9.17) is 5.73 Å². The fraction of sp³-hybridized carbons (Fsp3) is 0.375. The molecule has 0 fully saturated rings. The summed E-state index contributed by atoms with van der Waals surface area (Å²) in [6.07, 6.45) is 3.60. The zero-order valence-corrected chi connectivity index (χ0v) is 12.7. The quantitative estimate of drug-likeness (QED) is 0.828. The summed E-state index contributed by atoms with van der Waals surface area (Å²) in [4.78, 5) is 11.9. The minimum absolute atomic E-state index is 0.0292. The molecule has 5 nitrogen and oxygen atoms in total. The Bertz CT molecular complexity index is 618. The normalized spacial score (nSPS) is 12.4. The van der Waals surface area contributed by atoms with Crippen LogP contribution >= 0.6 is 0 Å². The van der Waals surface area contributed by atoms with Gasteiger partial charge in [0, 0.05) is 23.5 Å².